The Labute approximate surface area is 125 Å². The van der Waals surface area contributed by atoms with Crippen molar-refractivity contribution >= 4 is 11.8 Å². The zero-order valence-electron chi connectivity index (χ0n) is 12.2. The molecule has 0 aromatic carbocycles. The fraction of sp³-hybridized carbons (Fsp3) is 0.500. The molecule has 0 radical (unpaired) electrons. The molecule has 2 heterocycles. The predicted molar refractivity (Wildman–Crippen MR) is 72.1 cm³/mol. The molecule has 1 aliphatic rings. The molecule has 0 unspecified atom stereocenters. The molecule has 1 atom stereocenters. The van der Waals surface area contributed by atoms with Gasteiger partial charge in [0.25, 0.3) is 5.91 Å². The third kappa shape index (κ3) is 3.55. The van der Waals surface area contributed by atoms with Crippen molar-refractivity contribution in [2.45, 2.75) is 32.0 Å². The molecule has 1 saturated heterocycles. The monoisotopic (exact) mass is 315 g/mol. The lowest BCUT2D eigenvalue weighted by Crippen LogP contribution is -2.46. The number of amides is 2. The summed E-state index contributed by atoms with van der Waals surface area (Å²) in [6.45, 7) is 1.89. The molecular formula is C14H16F3N3O2. The van der Waals surface area contributed by atoms with Gasteiger partial charge in [0.15, 0.2) is 0 Å². The van der Waals surface area contributed by atoms with Gasteiger partial charge in [0.1, 0.15) is 5.69 Å². The Morgan fingerprint density at radius 3 is 2.64 bits per heavy atom. The van der Waals surface area contributed by atoms with Crippen LogP contribution in [0.4, 0.5) is 13.2 Å². The molecule has 1 fully saturated rings. The summed E-state index contributed by atoms with van der Waals surface area (Å²) in [4.78, 5) is 28.7. The fourth-order valence-corrected chi connectivity index (χ4v) is 2.29. The van der Waals surface area contributed by atoms with Gasteiger partial charge < -0.3 is 10.2 Å². The van der Waals surface area contributed by atoms with E-state index in [4.69, 9.17) is 0 Å². The molecule has 0 spiro atoms. The Hall–Kier alpha value is -2.12. The number of halogens is 3. The normalized spacial score (nSPS) is 19.2. The summed E-state index contributed by atoms with van der Waals surface area (Å²) in [5.74, 6) is -0.583. The molecule has 2 rings (SSSR count). The van der Waals surface area contributed by atoms with Gasteiger partial charge in [-0.2, -0.15) is 13.2 Å². The first kappa shape index (κ1) is 16.3. The van der Waals surface area contributed by atoms with E-state index in [2.05, 4.69) is 10.3 Å². The standard InChI is InChI=1S/C14H16F3N3O2/c1-8-10(3-4-11(18-8)14(15,16)17)13(22)19-9-5-6-20(2)12(21)7-9/h3-4,9H,5-7H2,1-2H3,(H,19,22)/t9-/m1/s1. The van der Waals surface area contributed by atoms with Gasteiger partial charge in [0.05, 0.1) is 11.3 Å². The maximum Gasteiger partial charge on any atom is 0.433 e. The van der Waals surface area contributed by atoms with Crippen molar-refractivity contribution in [3.8, 4) is 0 Å². The third-order valence-electron chi connectivity index (χ3n) is 3.62. The highest BCUT2D eigenvalue weighted by atomic mass is 19.4. The number of aromatic nitrogens is 1. The molecule has 1 aliphatic heterocycles. The van der Waals surface area contributed by atoms with Crippen LogP contribution in [0.25, 0.3) is 0 Å². The number of piperidine rings is 1. The molecule has 0 aliphatic carbocycles. The second-order valence-electron chi connectivity index (χ2n) is 5.31. The summed E-state index contributed by atoms with van der Waals surface area (Å²) in [5.41, 5.74) is -0.943. The van der Waals surface area contributed by atoms with Crippen LogP contribution in [0.2, 0.25) is 0 Å². The zero-order valence-corrected chi connectivity index (χ0v) is 12.2. The molecule has 1 N–H and O–H groups in total. The highest BCUT2D eigenvalue weighted by molar-refractivity contribution is 5.95. The minimum Gasteiger partial charge on any atom is -0.349 e. The van der Waals surface area contributed by atoms with E-state index in [9.17, 15) is 22.8 Å². The van der Waals surface area contributed by atoms with Crippen molar-refractivity contribution in [2.24, 2.45) is 0 Å². The summed E-state index contributed by atoms with van der Waals surface area (Å²) >= 11 is 0. The van der Waals surface area contributed by atoms with Crippen LogP contribution in [0.15, 0.2) is 12.1 Å². The van der Waals surface area contributed by atoms with Crippen LogP contribution in [0.5, 0.6) is 0 Å². The Bertz CT molecular complexity index is 601. The first-order chi connectivity index (χ1) is 10.2. The summed E-state index contributed by atoms with van der Waals surface area (Å²) in [7, 11) is 1.68. The van der Waals surface area contributed by atoms with E-state index in [1.54, 1.807) is 11.9 Å². The number of carbonyl (C=O) groups is 2. The second kappa shape index (κ2) is 5.94. The van der Waals surface area contributed by atoms with Gasteiger partial charge in [-0.3, -0.25) is 9.59 Å². The zero-order chi connectivity index (χ0) is 16.5. The van der Waals surface area contributed by atoms with Crippen LogP contribution in [0.1, 0.15) is 34.6 Å². The van der Waals surface area contributed by atoms with E-state index in [1.165, 1.54) is 6.92 Å². The quantitative estimate of drug-likeness (QED) is 0.904. The first-order valence-electron chi connectivity index (χ1n) is 6.78. The van der Waals surface area contributed by atoms with Crippen molar-refractivity contribution in [1.29, 1.82) is 0 Å². The molecule has 0 saturated carbocycles. The van der Waals surface area contributed by atoms with E-state index in [-0.39, 0.29) is 29.6 Å². The average molecular weight is 315 g/mol. The van der Waals surface area contributed by atoms with Gasteiger partial charge in [0.2, 0.25) is 5.91 Å². The average Bonchev–Trinajstić information content (AvgIpc) is 2.41. The molecule has 5 nitrogen and oxygen atoms in total. The molecule has 1 aromatic rings. The van der Waals surface area contributed by atoms with Gasteiger partial charge in [-0.25, -0.2) is 4.98 Å². The van der Waals surface area contributed by atoms with Crippen LogP contribution in [0.3, 0.4) is 0 Å². The number of pyridine rings is 1. The Kier molecular flexibility index (Phi) is 4.39. The Balaban J connectivity index is 2.09. The van der Waals surface area contributed by atoms with Crippen LogP contribution in [0, 0.1) is 6.92 Å². The highest BCUT2D eigenvalue weighted by Gasteiger charge is 2.33. The van der Waals surface area contributed by atoms with E-state index in [1.807, 2.05) is 0 Å². The Morgan fingerprint density at radius 1 is 1.41 bits per heavy atom. The van der Waals surface area contributed by atoms with Gasteiger partial charge in [-0.05, 0) is 25.5 Å². The third-order valence-corrected chi connectivity index (χ3v) is 3.62. The number of alkyl halides is 3. The molecule has 1 aromatic heterocycles. The lowest BCUT2D eigenvalue weighted by Gasteiger charge is -2.29. The summed E-state index contributed by atoms with van der Waals surface area (Å²) < 4.78 is 37.6. The van der Waals surface area contributed by atoms with E-state index < -0.39 is 17.8 Å². The van der Waals surface area contributed by atoms with Crippen LogP contribution in [-0.4, -0.2) is 41.3 Å². The van der Waals surface area contributed by atoms with E-state index in [0.717, 1.165) is 12.1 Å². The van der Waals surface area contributed by atoms with Crippen LogP contribution >= 0.6 is 0 Å². The number of likely N-dealkylation sites (tertiary alicyclic amines) is 1. The largest absolute Gasteiger partial charge is 0.433 e. The molecule has 2 amide bonds. The molecular weight excluding hydrogens is 299 g/mol. The molecule has 8 heteroatoms. The number of nitrogens with zero attached hydrogens (tertiary/aromatic N) is 2. The number of nitrogens with one attached hydrogen (secondary N) is 1. The number of aryl methyl sites for hydroxylation is 1. The number of carbonyl (C=O) groups excluding carboxylic acids is 2. The lowest BCUT2D eigenvalue weighted by atomic mass is 10.0. The van der Waals surface area contributed by atoms with Crippen molar-refractivity contribution in [3.63, 3.8) is 0 Å². The van der Waals surface area contributed by atoms with E-state index in [0.29, 0.717) is 13.0 Å². The van der Waals surface area contributed by atoms with Crippen LogP contribution < -0.4 is 5.32 Å². The summed E-state index contributed by atoms with van der Waals surface area (Å²) in [5, 5.41) is 2.68. The van der Waals surface area contributed by atoms with Gasteiger partial charge in [0, 0.05) is 26.1 Å². The predicted octanol–water partition coefficient (Wildman–Crippen LogP) is 1.76. The number of hydrogen-bond acceptors (Lipinski definition) is 3. The summed E-state index contributed by atoms with van der Waals surface area (Å²) in [6.07, 6.45) is -3.74. The van der Waals surface area contributed by atoms with Gasteiger partial charge in [-0.15, -0.1) is 0 Å². The second-order valence-corrected chi connectivity index (χ2v) is 5.31. The molecule has 22 heavy (non-hydrogen) atoms. The highest BCUT2D eigenvalue weighted by Crippen LogP contribution is 2.28. The Morgan fingerprint density at radius 2 is 2.09 bits per heavy atom. The fourth-order valence-electron chi connectivity index (χ4n) is 2.29. The number of rotatable bonds is 2. The first-order valence-corrected chi connectivity index (χ1v) is 6.78. The van der Waals surface area contributed by atoms with Crippen molar-refractivity contribution < 1.29 is 22.8 Å². The molecule has 120 valence electrons. The summed E-state index contributed by atoms with van der Waals surface area (Å²) in [6, 6.07) is 1.58. The molecule has 0 bridgehead atoms. The van der Waals surface area contributed by atoms with E-state index >= 15 is 0 Å². The van der Waals surface area contributed by atoms with Crippen molar-refractivity contribution in [3.05, 3.63) is 29.1 Å². The minimum atomic E-state index is -4.54. The van der Waals surface area contributed by atoms with Crippen LogP contribution in [-0.2, 0) is 11.0 Å². The topological polar surface area (TPSA) is 62.3 Å². The minimum absolute atomic E-state index is 0.00609. The SMILES string of the molecule is Cc1nc(C(F)(F)F)ccc1C(=O)N[C@@H]1CCN(C)C(=O)C1. The number of hydrogen-bond donors (Lipinski definition) is 1. The maximum absolute atomic E-state index is 12.5. The van der Waals surface area contributed by atoms with Crippen molar-refractivity contribution in [1.82, 2.24) is 15.2 Å². The van der Waals surface area contributed by atoms with Crippen molar-refractivity contribution in [2.75, 3.05) is 13.6 Å². The maximum atomic E-state index is 12.5. The smallest absolute Gasteiger partial charge is 0.349 e. The van der Waals surface area contributed by atoms with Gasteiger partial charge in [-0.1, -0.05) is 0 Å². The lowest BCUT2D eigenvalue weighted by molar-refractivity contribution is -0.141. The van der Waals surface area contributed by atoms with Gasteiger partial charge >= 0.3 is 6.18 Å².